The van der Waals surface area contributed by atoms with Crippen molar-refractivity contribution in [3.63, 3.8) is 0 Å². The molecule has 9 nitrogen and oxygen atoms in total. The van der Waals surface area contributed by atoms with Crippen molar-refractivity contribution < 1.29 is 27.5 Å². The van der Waals surface area contributed by atoms with Gasteiger partial charge in [-0.15, -0.1) is 0 Å². The highest BCUT2D eigenvalue weighted by atomic mass is 19.4. The summed E-state index contributed by atoms with van der Waals surface area (Å²) in [7, 11) is 2.77. The molecule has 1 fully saturated rings. The maximum Gasteiger partial charge on any atom is 0.416 e. The van der Waals surface area contributed by atoms with Crippen molar-refractivity contribution in [3.8, 4) is 5.75 Å². The number of carbonyl (C=O) groups is 2. The molecule has 2 heterocycles. The number of fused-ring (bicyclic) bond motifs is 1. The van der Waals surface area contributed by atoms with Gasteiger partial charge in [-0.05, 0) is 31.1 Å². The molecule has 1 aromatic heterocycles. The van der Waals surface area contributed by atoms with Gasteiger partial charge in [0.15, 0.2) is 0 Å². The number of nitrogens with zero attached hydrogens (tertiary/aromatic N) is 4. The zero-order valence-electron chi connectivity index (χ0n) is 19.9. The van der Waals surface area contributed by atoms with Crippen LogP contribution in [0, 0.1) is 0 Å². The van der Waals surface area contributed by atoms with Crippen LogP contribution >= 0.6 is 0 Å². The SMILES string of the molecule is C=CC(=O)NC1CCCC[C@H]1Nc1ncc2c(n1)N(C)C(=O)N(c1cc(OC)cc(C(F)(F)F)c1)C2. The fourth-order valence-corrected chi connectivity index (χ4v) is 4.49. The average Bonchev–Trinajstić information content (AvgIpc) is 2.86. The number of hydrogen-bond acceptors (Lipinski definition) is 6. The fraction of sp³-hybridized carbons (Fsp3) is 0.417. The zero-order valence-corrected chi connectivity index (χ0v) is 19.9. The van der Waals surface area contributed by atoms with E-state index < -0.39 is 17.8 Å². The second-order valence-electron chi connectivity index (χ2n) is 8.74. The number of anilines is 3. The molecule has 1 aliphatic heterocycles. The first-order valence-corrected chi connectivity index (χ1v) is 11.5. The Kier molecular flexibility index (Phi) is 7.04. The van der Waals surface area contributed by atoms with E-state index in [4.69, 9.17) is 4.74 Å². The highest BCUT2D eigenvalue weighted by molar-refractivity contribution is 6.05. The number of nitrogens with one attached hydrogen (secondary N) is 2. The molecule has 2 atom stereocenters. The summed E-state index contributed by atoms with van der Waals surface area (Å²) in [6.07, 6.45) is 1.75. The van der Waals surface area contributed by atoms with E-state index in [1.807, 2.05) is 0 Å². The molecule has 1 saturated carbocycles. The summed E-state index contributed by atoms with van der Waals surface area (Å²) < 4.78 is 45.2. The summed E-state index contributed by atoms with van der Waals surface area (Å²) in [5.41, 5.74) is -0.298. The first-order chi connectivity index (χ1) is 17.1. The van der Waals surface area contributed by atoms with E-state index in [9.17, 15) is 22.8 Å². The van der Waals surface area contributed by atoms with Crippen molar-refractivity contribution in [2.45, 2.75) is 50.5 Å². The summed E-state index contributed by atoms with van der Waals surface area (Å²) in [5, 5.41) is 6.19. The van der Waals surface area contributed by atoms with E-state index in [2.05, 4.69) is 27.2 Å². The smallest absolute Gasteiger partial charge is 0.416 e. The monoisotopic (exact) mass is 504 g/mol. The van der Waals surface area contributed by atoms with Crippen LogP contribution in [0.1, 0.15) is 36.8 Å². The van der Waals surface area contributed by atoms with Crippen molar-refractivity contribution in [1.82, 2.24) is 15.3 Å². The number of alkyl halides is 3. The molecule has 0 saturated heterocycles. The van der Waals surface area contributed by atoms with E-state index in [-0.39, 0.29) is 36.0 Å². The van der Waals surface area contributed by atoms with Crippen LogP contribution in [0.2, 0.25) is 0 Å². The minimum Gasteiger partial charge on any atom is -0.497 e. The highest BCUT2D eigenvalue weighted by Crippen LogP contribution is 2.37. The molecular weight excluding hydrogens is 477 g/mol. The Morgan fingerprint density at radius 1 is 1.22 bits per heavy atom. The molecular formula is C24H27F3N6O3. The first-order valence-electron chi connectivity index (χ1n) is 11.5. The summed E-state index contributed by atoms with van der Waals surface area (Å²) in [6, 6.07) is 2.42. The van der Waals surface area contributed by atoms with E-state index >= 15 is 0 Å². The molecule has 1 unspecified atom stereocenters. The molecule has 36 heavy (non-hydrogen) atoms. The molecule has 4 rings (SSSR count). The Bertz CT molecular complexity index is 1170. The van der Waals surface area contributed by atoms with Gasteiger partial charge in [-0.2, -0.15) is 18.2 Å². The number of carbonyl (C=O) groups excluding carboxylic acids is 2. The third kappa shape index (κ3) is 5.21. The summed E-state index contributed by atoms with van der Waals surface area (Å²) in [6.45, 7) is 3.48. The molecule has 192 valence electrons. The van der Waals surface area contributed by atoms with Gasteiger partial charge >= 0.3 is 12.2 Å². The predicted octanol–water partition coefficient (Wildman–Crippen LogP) is 4.11. The molecule has 1 aliphatic carbocycles. The van der Waals surface area contributed by atoms with Crippen LogP contribution in [0.3, 0.4) is 0 Å². The predicted molar refractivity (Wildman–Crippen MR) is 128 cm³/mol. The van der Waals surface area contributed by atoms with Crippen molar-refractivity contribution in [1.29, 1.82) is 0 Å². The van der Waals surface area contributed by atoms with Crippen molar-refractivity contribution in [2.75, 3.05) is 29.3 Å². The Morgan fingerprint density at radius 3 is 2.61 bits per heavy atom. The lowest BCUT2D eigenvalue weighted by Crippen LogP contribution is -2.48. The Balaban J connectivity index is 1.58. The number of aromatic nitrogens is 2. The molecule has 2 aromatic rings. The van der Waals surface area contributed by atoms with E-state index in [0.717, 1.165) is 37.8 Å². The number of rotatable bonds is 6. The molecule has 0 bridgehead atoms. The number of hydrogen-bond donors (Lipinski definition) is 2. The van der Waals surface area contributed by atoms with Crippen LogP contribution < -0.4 is 25.2 Å². The van der Waals surface area contributed by atoms with Gasteiger partial charge in [0.05, 0.1) is 24.9 Å². The van der Waals surface area contributed by atoms with Gasteiger partial charge in [0.2, 0.25) is 11.9 Å². The molecule has 3 amide bonds. The van der Waals surface area contributed by atoms with Gasteiger partial charge in [0.1, 0.15) is 11.6 Å². The van der Waals surface area contributed by atoms with E-state index in [0.29, 0.717) is 17.3 Å². The van der Waals surface area contributed by atoms with Crippen LogP contribution in [0.15, 0.2) is 37.1 Å². The summed E-state index contributed by atoms with van der Waals surface area (Å²) >= 11 is 0. The average molecular weight is 505 g/mol. The van der Waals surface area contributed by atoms with E-state index in [1.165, 1.54) is 36.1 Å². The third-order valence-electron chi connectivity index (χ3n) is 6.37. The fourth-order valence-electron chi connectivity index (χ4n) is 4.49. The van der Waals surface area contributed by atoms with Gasteiger partial charge in [0, 0.05) is 37.0 Å². The van der Waals surface area contributed by atoms with Gasteiger partial charge in [0.25, 0.3) is 0 Å². The minimum absolute atomic E-state index is 0.00923. The lowest BCUT2D eigenvalue weighted by Gasteiger charge is -2.35. The second kappa shape index (κ2) is 10.0. The van der Waals surface area contributed by atoms with Crippen LogP contribution in [0.25, 0.3) is 0 Å². The quantitative estimate of drug-likeness (QED) is 0.575. The molecule has 0 spiro atoms. The third-order valence-corrected chi connectivity index (χ3v) is 6.37. The normalized spacial score (nSPS) is 20.0. The highest BCUT2D eigenvalue weighted by Gasteiger charge is 2.35. The number of ether oxygens (including phenoxy) is 1. The molecule has 0 radical (unpaired) electrons. The van der Waals surface area contributed by atoms with Crippen molar-refractivity contribution >= 4 is 29.4 Å². The summed E-state index contributed by atoms with van der Waals surface area (Å²) in [4.78, 5) is 36.3. The maximum absolute atomic E-state index is 13.4. The van der Waals surface area contributed by atoms with Gasteiger partial charge in [-0.1, -0.05) is 19.4 Å². The maximum atomic E-state index is 13.4. The number of benzene rings is 1. The number of urea groups is 1. The van der Waals surface area contributed by atoms with Gasteiger partial charge in [-0.3, -0.25) is 14.6 Å². The molecule has 2 aliphatic rings. The largest absolute Gasteiger partial charge is 0.497 e. The molecule has 1 aromatic carbocycles. The Morgan fingerprint density at radius 2 is 1.94 bits per heavy atom. The second-order valence-corrected chi connectivity index (χ2v) is 8.74. The van der Waals surface area contributed by atoms with Gasteiger partial charge in [-0.25, -0.2) is 9.78 Å². The number of halogens is 3. The van der Waals surface area contributed by atoms with E-state index in [1.54, 1.807) is 6.20 Å². The van der Waals surface area contributed by atoms with Crippen molar-refractivity contribution in [3.05, 3.63) is 48.2 Å². The first kappa shape index (κ1) is 25.3. The van der Waals surface area contributed by atoms with Crippen LogP contribution in [0.5, 0.6) is 5.75 Å². The van der Waals surface area contributed by atoms with Gasteiger partial charge < -0.3 is 15.4 Å². The number of amides is 3. The molecule has 12 heteroatoms. The topological polar surface area (TPSA) is 99.7 Å². The standard InChI is InChI=1S/C24H27F3N6O3/c1-4-20(34)29-18-7-5-6-8-19(18)30-22-28-12-14-13-33(23(35)32(2)21(14)31-22)16-9-15(24(25,26)27)10-17(11-16)36-3/h4,9-12,18-19H,1,5-8,13H2,2-3H3,(H,29,34)(H,28,30,31)/t18?,19-/m1/s1. The zero-order chi connectivity index (χ0) is 26.0. The minimum atomic E-state index is -4.60. The Hall–Kier alpha value is -3.83. The van der Waals surface area contributed by atoms with Crippen LogP contribution in [-0.2, 0) is 17.5 Å². The lowest BCUT2D eigenvalue weighted by molar-refractivity contribution is -0.137. The Labute approximate surface area is 206 Å². The van der Waals surface area contributed by atoms with Crippen LogP contribution in [0.4, 0.5) is 35.4 Å². The lowest BCUT2D eigenvalue weighted by atomic mass is 9.90. The van der Waals surface area contributed by atoms with Crippen LogP contribution in [-0.4, -0.2) is 48.1 Å². The molecule has 2 N–H and O–H groups in total. The van der Waals surface area contributed by atoms with Crippen molar-refractivity contribution in [2.24, 2.45) is 0 Å². The summed E-state index contributed by atoms with van der Waals surface area (Å²) in [5.74, 6) is 0.390. The number of methoxy groups -OCH3 is 1.